The summed E-state index contributed by atoms with van der Waals surface area (Å²) in [6, 6.07) is 0. The molecule has 0 bridgehead atoms. The highest BCUT2D eigenvalue weighted by Crippen LogP contribution is 2.29. The van der Waals surface area contributed by atoms with Gasteiger partial charge in [0.15, 0.2) is 0 Å². The van der Waals surface area contributed by atoms with E-state index in [9.17, 15) is 4.79 Å². The van der Waals surface area contributed by atoms with E-state index >= 15 is 0 Å². The number of anilines is 1. The Morgan fingerprint density at radius 2 is 1.89 bits per heavy atom. The van der Waals surface area contributed by atoms with Crippen LogP contribution < -0.4 is 5.32 Å². The smallest absolute Gasteiger partial charge is 0.231 e. The van der Waals surface area contributed by atoms with Crippen LogP contribution in [0.5, 0.6) is 0 Å². The number of nitrogens with zero attached hydrogens (tertiary/aromatic N) is 2. The number of amides is 1. The molecule has 0 saturated carbocycles. The molecule has 1 amide bonds. The normalized spacial score (nSPS) is 11.9. The molecule has 0 saturated heterocycles. The van der Waals surface area contributed by atoms with Gasteiger partial charge in [-0.1, -0.05) is 46.0 Å². The average Bonchev–Trinajstić information content (AvgIpc) is 2.79. The lowest BCUT2D eigenvalue weighted by Crippen LogP contribution is -2.29. The van der Waals surface area contributed by atoms with E-state index in [4.69, 9.17) is 0 Å². The molecule has 0 unspecified atom stereocenters. The molecule has 4 nitrogen and oxygen atoms in total. The van der Waals surface area contributed by atoms with E-state index in [0.29, 0.717) is 11.0 Å². The predicted molar refractivity (Wildman–Crippen MR) is 75.9 cm³/mol. The van der Waals surface area contributed by atoms with Gasteiger partial charge in [-0.15, -0.1) is 10.2 Å². The summed E-state index contributed by atoms with van der Waals surface area (Å²) >= 11 is 1.49. The Morgan fingerprint density at radius 1 is 1.28 bits per heavy atom. The number of carbonyl (C=O) groups is 1. The van der Waals surface area contributed by atoms with Crippen molar-refractivity contribution in [3.63, 3.8) is 0 Å². The zero-order chi connectivity index (χ0) is 13.8. The van der Waals surface area contributed by atoms with Crippen LogP contribution in [0.4, 0.5) is 5.13 Å². The Bertz CT molecular complexity index is 397. The number of hydrogen-bond acceptors (Lipinski definition) is 4. The van der Waals surface area contributed by atoms with Crippen molar-refractivity contribution in [1.82, 2.24) is 10.2 Å². The Balaban J connectivity index is 2.73. The fourth-order valence-electron chi connectivity index (χ4n) is 1.51. The van der Waals surface area contributed by atoms with Crippen molar-refractivity contribution in [3.05, 3.63) is 5.01 Å². The monoisotopic (exact) mass is 269 g/mol. The van der Waals surface area contributed by atoms with E-state index in [0.717, 1.165) is 24.3 Å². The molecular weight excluding hydrogens is 246 g/mol. The molecule has 0 aliphatic heterocycles. The molecule has 1 rings (SSSR count). The summed E-state index contributed by atoms with van der Waals surface area (Å²) in [5.41, 5.74) is -0.360. The lowest BCUT2D eigenvalue weighted by Gasteiger charge is -2.20. The largest absolute Gasteiger partial charge is 0.300 e. The van der Waals surface area contributed by atoms with E-state index in [-0.39, 0.29) is 11.3 Å². The van der Waals surface area contributed by atoms with E-state index < -0.39 is 0 Å². The van der Waals surface area contributed by atoms with Crippen LogP contribution in [-0.4, -0.2) is 16.1 Å². The van der Waals surface area contributed by atoms with Gasteiger partial charge in [0.1, 0.15) is 5.01 Å². The summed E-state index contributed by atoms with van der Waals surface area (Å²) in [5, 5.41) is 12.7. The highest BCUT2D eigenvalue weighted by Gasteiger charge is 2.26. The summed E-state index contributed by atoms with van der Waals surface area (Å²) < 4.78 is 0. The van der Waals surface area contributed by atoms with Crippen molar-refractivity contribution in [3.8, 4) is 0 Å². The molecule has 0 spiro atoms. The minimum Gasteiger partial charge on any atom is -0.300 e. The van der Waals surface area contributed by atoms with Crippen molar-refractivity contribution >= 4 is 22.4 Å². The van der Waals surface area contributed by atoms with E-state index in [1.54, 1.807) is 0 Å². The van der Waals surface area contributed by atoms with Crippen LogP contribution in [0.2, 0.25) is 0 Å². The second kappa shape index (κ2) is 6.27. The number of nitrogens with one attached hydrogen (secondary N) is 1. The summed E-state index contributed by atoms with van der Waals surface area (Å²) in [6.45, 7) is 10.2. The summed E-state index contributed by atoms with van der Waals surface area (Å²) in [5.74, 6) is 0.463. The molecule has 1 aromatic heterocycles. The number of rotatable bonds is 6. The highest BCUT2D eigenvalue weighted by molar-refractivity contribution is 7.15. The molecule has 0 aliphatic rings. The first-order valence-electron chi connectivity index (χ1n) is 6.59. The number of aromatic nitrogens is 2. The van der Waals surface area contributed by atoms with Crippen LogP contribution in [0.3, 0.4) is 0 Å². The topological polar surface area (TPSA) is 54.9 Å². The molecule has 0 atom stereocenters. The molecular formula is C13H23N3OS. The van der Waals surface area contributed by atoms with Crippen molar-refractivity contribution in [2.45, 2.75) is 59.8 Å². The van der Waals surface area contributed by atoms with Gasteiger partial charge < -0.3 is 5.32 Å². The molecule has 0 fully saturated rings. The number of hydrogen-bond donors (Lipinski definition) is 1. The maximum Gasteiger partial charge on any atom is 0.231 e. The quantitative estimate of drug-likeness (QED) is 0.854. The fourth-order valence-corrected chi connectivity index (χ4v) is 2.52. The maximum atomic E-state index is 12.0. The zero-order valence-electron chi connectivity index (χ0n) is 11.9. The second-order valence-electron chi connectivity index (χ2n) is 5.15. The summed E-state index contributed by atoms with van der Waals surface area (Å²) in [7, 11) is 0. The number of carbonyl (C=O) groups excluding carboxylic acids is 1. The minimum absolute atomic E-state index is 0.0113. The lowest BCUT2D eigenvalue weighted by molar-refractivity contribution is -0.124. The Labute approximate surface area is 113 Å². The van der Waals surface area contributed by atoms with Gasteiger partial charge in [-0.3, -0.25) is 4.79 Å². The molecule has 5 heteroatoms. The average molecular weight is 269 g/mol. The van der Waals surface area contributed by atoms with E-state index in [1.165, 1.54) is 11.3 Å². The Morgan fingerprint density at radius 3 is 2.39 bits per heavy atom. The fraction of sp³-hybridized carbons (Fsp3) is 0.769. The Hall–Kier alpha value is -0.970. The van der Waals surface area contributed by atoms with Crippen LogP contribution in [0.1, 0.15) is 64.8 Å². The van der Waals surface area contributed by atoms with Crippen molar-refractivity contribution in [2.24, 2.45) is 5.41 Å². The maximum absolute atomic E-state index is 12.0. The van der Waals surface area contributed by atoms with Gasteiger partial charge in [0, 0.05) is 11.3 Å². The molecule has 0 radical (unpaired) electrons. The van der Waals surface area contributed by atoms with Gasteiger partial charge in [0.05, 0.1) is 0 Å². The third kappa shape index (κ3) is 3.51. The first-order chi connectivity index (χ1) is 8.44. The third-order valence-corrected chi connectivity index (χ3v) is 4.50. The van der Waals surface area contributed by atoms with E-state index in [1.807, 2.05) is 20.8 Å². The van der Waals surface area contributed by atoms with Crippen LogP contribution in [-0.2, 0) is 4.79 Å². The summed E-state index contributed by atoms with van der Waals surface area (Å²) in [6.07, 6.45) is 2.91. The summed E-state index contributed by atoms with van der Waals surface area (Å²) in [4.78, 5) is 12.0. The first-order valence-corrected chi connectivity index (χ1v) is 7.41. The van der Waals surface area contributed by atoms with Crippen LogP contribution >= 0.6 is 11.3 Å². The molecule has 1 N–H and O–H groups in total. The first kappa shape index (κ1) is 15.1. The zero-order valence-corrected chi connectivity index (χ0v) is 12.7. The van der Waals surface area contributed by atoms with Gasteiger partial charge in [-0.25, -0.2) is 0 Å². The van der Waals surface area contributed by atoms with Gasteiger partial charge in [0.2, 0.25) is 11.0 Å². The van der Waals surface area contributed by atoms with Gasteiger partial charge in [-0.2, -0.15) is 0 Å². The minimum atomic E-state index is -0.360. The molecule has 0 aromatic carbocycles. The van der Waals surface area contributed by atoms with Crippen molar-refractivity contribution in [2.75, 3.05) is 5.32 Å². The SMILES string of the molecule is CCC(CC)c1nnc(NC(=O)C(C)(C)CC)s1. The highest BCUT2D eigenvalue weighted by atomic mass is 32.1. The molecule has 18 heavy (non-hydrogen) atoms. The van der Waals surface area contributed by atoms with Gasteiger partial charge in [-0.05, 0) is 19.3 Å². The predicted octanol–water partition coefficient (Wildman–Crippen LogP) is 3.82. The Kier molecular flexibility index (Phi) is 5.26. The second-order valence-corrected chi connectivity index (χ2v) is 6.16. The van der Waals surface area contributed by atoms with Crippen LogP contribution in [0.15, 0.2) is 0 Å². The third-order valence-electron chi connectivity index (χ3n) is 3.49. The standard InChI is InChI=1S/C13H23N3OS/c1-6-9(7-2)10-15-16-12(18-10)14-11(17)13(4,5)8-3/h9H,6-8H2,1-5H3,(H,14,16,17). The van der Waals surface area contributed by atoms with Crippen molar-refractivity contribution < 1.29 is 4.79 Å². The molecule has 1 heterocycles. The van der Waals surface area contributed by atoms with Crippen LogP contribution in [0, 0.1) is 5.41 Å². The van der Waals surface area contributed by atoms with Crippen molar-refractivity contribution in [1.29, 1.82) is 0 Å². The molecule has 1 aromatic rings. The lowest BCUT2D eigenvalue weighted by atomic mass is 9.89. The van der Waals surface area contributed by atoms with Gasteiger partial charge in [0.25, 0.3) is 0 Å². The van der Waals surface area contributed by atoms with Crippen LogP contribution in [0.25, 0.3) is 0 Å². The van der Waals surface area contributed by atoms with Gasteiger partial charge >= 0.3 is 0 Å². The molecule has 102 valence electrons. The molecule has 0 aliphatic carbocycles. The van der Waals surface area contributed by atoms with E-state index in [2.05, 4.69) is 29.4 Å².